The van der Waals surface area contributed by atoms with Crippen LogP contribution in [0.1, 0.15) is 43.7 Å². The second-order valence-corrected chi connectivity index (χ2v) is 7.19. The highest BCUT2D eigenvalue weighted by Crippen LogP contribution is 2.35. The predicted octanol–water partition coefficient (Wildman–Crippen LogP) is 2.40. The quantitative estimate of drug-likeness (QED) is 0.870. The Morgan fingerprint density at radius 1 is 1.46 bits per heavy atom. The van der Waals surface area contributed by atoms with Crippen molar-refractivity contribution in [3.8, 4) is 0 Å². The zero-order chi connectivity index (χ0) is 16.8. The summed E-state index contributed by atoms with van der Waals surface area (Å²) in [6.45, 7) is 3.53. The molecule has 1 aromatic rings. The first-order valence-corrected chi connectivity index (χ1v) is 9.18. The zero-order valence-electron chi connectivity index (χ0n) is 14.6. The van der Waals surface area contributed by atoms with Gasteiger partial charge in [-0.2, -0.15) is 0 Å². The van der Waals surface area contributed by atoms with Crippen LogP contribution in [0.25, 0.3) is 0 Å². The summed E-state index contributed by atoms with van der Waals surface area (Å²) < 4.78 is 5.49. The minimum atomic E-state index is 0.181. The third-order valence-electron chi connectivity index (χ3n) is 5.40. The fourth-order valence-corrected chi connectivity index (χ4v) is 4.02. The fraction of sp³-hybridized carbons (Fsp3) is 0.684. The molecule has 3 atom stereocenters. The molecular weight excluding hydrogens is 302 g/mol. The van der Waals surface area contributed by atoms with Crippen LogP contribution in [0.4, 0.5) is 0 Å². The molecule has 1 unspecified atom stereocenters. The van der Waals surface area contributed by atoms with Gasteiger partial charge in [-0.25, -0.2) is 0 Å². The van der Waals surface area contributed by atoms with Crippen LogP contribution in [-0.2, 0) is 9.53 Å². The maximum atomic E-state index is 12.2. The first-order chi connectivity index (χ1) is 11.7. The third-order valence-corrected chi connectivity index (χ3v) is 5.40. The molecule has 24 heavy (non-hydrogen) atoms. The Balaban J connectivity index is 1.45. The number of hydrogen-bond acceptors (Lipinski definition) is 4. The Morgan fingerprint density at radius 3 is 3.12 bits per heavy atom. The molecule has 1 amide bonds. The summed E-state index contributed by atoms with van der Waals surface area (Å²) in [6, 6.07) is 4.48. The van der Waals surface area contributed by atoms with Crippen molar-refractivity contribution in [2.75, 3.05) is 33.4 Å². The number of ether oxygens (including phenoxy) is 1. The van der Waals surface area contributed by atoms with Gasteiger partial charge in [-0.15, -0.1) is 0 Å². The van der Waals surface area contributed by atoms with Gasteiger partial charge >= 0.3 is 0 Å². The molecule has 0 bridgehead atoms. The molecule has 3 rings (SSSR count). The molecule has 5 heteroatoms. The summed E-state index contributed by atoms with van der Waals surface area (Å²) in [6.07, 6.45) is 8.77. The van der Waals surface area contributed by atoms with E-state index in [1.807, 2.05) is 18.5 Å². The molecule has 1 aromatic heterocycles. The molecule has 0 spiro atoms. The second kappa shape index (κ2) is 8.58. The van der Waals surface area contributed by atoms with Crippen molar-refractivity contribution in [3.05, 3.63) is 30.1 Å². The lowest BCUT2D eigenvalue weighted by atomic mass is 9.94. The Labute approximate surface area is 144 Å². The van der Waals surface area contributed by atoms with Crippen molar-refractivity contribution >= 4 is 5.91 Å². The SMILES string of the molecule is CN1CC[C@@H](CNC(=O)CCC2CCCOC2)[C@@H]1c1cccnc1. The van der Waals surface area contributed by atoms with E-state index in [-0.39, 0.29) is 5.91 Å². The Kier molecular flexibility index (Phi) is 6.21. The number of carbonyl (C=O) groups excluding carboxylic acids is 1. The molecular formula is C19H29N3O2. The number of nitrogens with zero attached hydrogens (tertiary/aromatic N) is 2. The van der Waals surface area contributed by atoms with Gasteiger partial charge in [-0.3, -0.25) is 14.7 Å². The summed E-state index contributed by atoms with van der Waals surface area (Å²) in [5.74, 6) is 1.20. The maximum Gasteiger partial charge on any atom is 0.220 e. The maximum absolute atomic E-state index is 12.2. The molecule has 2 aliphatic rings. The lowest BCUT2D eigenvalue weighted by Crippen LogP contribution is -2.32. The Hall–Kier alpha value is -1.46. The number of carbonyl (C=O) groups is 1. The third kappa shape index (κ3) is 4.54. The summed E-state index contributed by atoms with van der Waals surface area (Å²) in [5.41, 5.74) is 1.25. The van der Waals surface area contributed by atoms with E-state index < -0.39 is 0 Å². The molecule has 1 N–H and O–H groups in total. The molecule has 0 aromatic carbocycles. The first kappa shape index (κ1) is 17.4. The van der Waals surface area contributed by atoms with Gasteiger partial charge in [0.2, 0.25) is 5.91 Å². The van der Waals surface area contributed by atoms with E-state index in [0.29, 0.717) is 24.3 Å². The van der Waals surface area contributed by atoms with Gasteiger partial charge in [0.25, 0.3) is 0 Å². The van der Waals surface area contributed by atoms with Gasteiger partial charge in [0, 0.05) is 44.6 Å². The minimum Gasteiger partial charge on any atom is -0.381 e. The van der Waals surface area contributed by atoms with E-state index in [1.165, 1.54) is 12.0 Å². The molecule has 132 valence electrons. The Morgan fingerprint density at radius 2 is 2.38 bits per heavy atom. The number of hydrogen-bond donors (Lipinski definition) is 1. The lowest BCUT2D eigenvalue weighted by molar-refractivity contribution is -0.121. The highest BCUT2D eigenvalue weighted by atomic mass is 16.5. The topological polar surface area (TPSA) is 54.5 Å². The highest BCUT2D eigenvalue weighted by Gasteiger charge is 2.33. The smallest absolute Gasteiger partial charge is 0.220 e. The summed E-state index contributed by atoms with van der Waals surface area (Å²) >= 11 is 0. The monoisotopic (exact) mass is 331 g/mol. The van der Waals surface area contributed by atoms with E-state index >= 15 is 0 Å². The molecule has 0 radical (unpaired) electrons. The van der Waals surface area contributed by atoms with Crippen molar-refractivity contribution in [1.82, 2.24) is 15.2 Å². The predicted molar refractivity (Wildman–Crippen MR) is 93.5 cm³/mol. The number of aromatic nitrogens is 1. The van der Waals surface area contributed by atoms with Crippen molar-refractivity contribution in [3.63, 3.8) is 0 Å². The van der Waals surface area contributed by atoms with E-state index in [9.17, 15) is 4.79 Å². The minimum absolute atomic E-state index is 0.181. The molecule has 2 fully saturated rings. The molecule has 3 heterocycles. The van der Waals surface area contributed by atoms with Crippen LogP contribution in [0.2, 0.25) is 0 Å². The highest BCUT2D eigenvalue weighted by molar-refractivity contribution is 5.75. The van der Waals surface area contributed by atoms with Crippen LogP contribution >= 0.6 is 0 Å². The normalized spacial score (nSPS) is 28.0. The van der Waals surface area contributed by atoms with Crippen molar-refractivity contribution in [1.29, 1.82) is 0 Å². The van der Waals surface area contributed by atoms with Gasteiger partial charge in [0.1, 0.15) is 0 Å². The summed E-state index contributed by atoms with van der Waals surface area (Å²) in [7, 11) is 2.16. The van der Waals surface area contributed by atoms with E-state index in [4.69, 9.17) is 4.74 Å². The number of rotatable bonds is 6. The van der Waals surface area contributed by atoms with Gasteiger partial charge in [0.15, 0.2) is 0 Å². The number of nitrogens with one attached hydrogen (secondary N) is 1. The van der Waals surface area contributed by atoms with Crippen LogP contribution in [0, 0.1) is 11.8 Å². The molecule has 5 nitrogen and oxygen atoms in total. The van der Waals surface area contributed by atoms with Crippen LogP contribution in [0.15, 0.2) is 24.5 Å². The molecule has 2 saturated heterocycles. The van der Waals surface area contributed by atoms with E-state index in [2.05, 4.69) is 28.3 Å². The Bertz CT molecular complexity index is 517. The van der Waals surface area contributed by atoms with Gasteiger partial charge in [0.05, 0.1) is 0 Å². The first-order valence-electron chi connectivity index (χ1n) is 9.18. The van der Waals surface area contributed by atoms with Gasteiger partial charge in [-0.1, -0.05) is 6.07 Å². The van der Waals surface area contributed by atoms with Crippen LogP contribution in [0.5, 0.6) is 0 Å². The standard InChI is InChI=1S/C19H29N3O2/c1-22-10-8-17(19(22)16-5-2-9-20-12-16)13-21-18(23)7-6-15-4-3-11-24-14-15/h2,5,9,12,15,17,19H,3-4,6-8,10-11,13-14H2,1H3,(H,21,23)/t15?,17-,19-/m0/s1. The summed E-state index contributed by atoms with van der Waals surface area (Å²) in [4.78, 5) is 18.8. The lowest BCUT2D eigenvalue weighted by Gasteiger charge is -2.25. The average Bonchev–Trinajstić information content (AvgIpc) is 3.00. The molecule has 2 aliphatic heterocycles. The van der Waals surface area contributed by atoms with Crippen LogP contribution in [-0.4, -0.2) is 49.1 Å². The van der Waals surface area contributed by atoms with E-state index in [0.717, 1.165) is 45.6 Å². The largest absolute Gasteiger partial charge is 0.381 e. The van der Waals surface area contributed by atoms with E-state index in [1.54, 1.807) is 0 Å². The average molecular weight is 331 g/mol. The van der Waals surface area contributed by atoms with Crippen LogP contribution in [0.3, 0.4) is 0 Å². The number of likely N-dealkylation sites (tertiary alicyclic amines) is 1. The number of amides is 1. The van der Waals surface area contributed by atoms with Crippen molar-refractivity contribution < 1.29 is 9.53 Å². The van der Waals surface area contributed by atoms with Gasteiger partial charge in [-0.05, 0) is 62.7 Å². The van der Waals surface area contributed by atoms with Crippen molar-refractivity contribution in [2.24, 2.45) is 11.8 Å². The van der Waals surface area contributed by atoms with Crippen LogP contribution < -0.4 is 5.32 Å². The number of pyridine rings is 1. The zero-order valence-corrected chi connectivity index (χ0v) is 14.6. The molecule has 0 saturated carbocycles. The second-order valence-electron chi connectivity index (χ2n) is 7.19. The summed E-state index contributed by atoms with van der Waals surface area (Å²) in [5, 5.41) is 3.16. The van der Waals surface area contributed by atoms with Crippen molar-refractivity contribution in [2.45, 2.75) is 38.1 Å². The molecule has 0 aliphatic carbocycles. The van der Waals surface area contributed by atoms with Gasteiger partial charge < -0.3 is 10.1 Å². The fourth-order valence-electron chi connectivity index (χ4n) is 4.02.